The van der Waals surface area contributed by atoms with Crippen LogP contribution < -0.4 is 15.4 Å². The van der Waals surface area contributed by atoms with E-state index in [0.717, 1.165) is 21.7 Å². The average Bonchev–Trinajstić information content (AvgIpc) is 3.32. The van der Waals surface area contributed by atoms with Gasteiger partial charge < -0.3 is 20.1 Å². The Bertz CT molecular complexity index is 1760. The van der Waals surface area contributed by atoms with Crippen molar-refractivity contribution < 1.29 is 31.5 Å². The van der Waals surface area contributed by atoms with Crippen LogP contribution in [0.5, 0.6) is 11.5 Å². The van der Waals surface area contributed by atoms with Crippen molar-refractivity contribution in [3.05, 3.63) is 77.6 Å². The summed E-state index contributed by atoms with van der Waals surface area (Å²) >= 11 is 0. The van der Waals surface area contributed by atoms with Gasteiger partial charge in [-0.05, 0) is 42.5 Å². The van der Waals surface area contributed by atoms with Crippen LogP contribution >= 0.6 is 0 Å². The number of hydrogen-bond donors (Lipinski definition) is 2. The molecule has 2 amide bonds. The molecule has 0 unspecified atom stereocenters. The van der Waals surface area contributed by atoms with Crippen molar-refractivity contribution in [3.63, 3.8) is 0 Å². The number of nitrogens with zero attached hydrogens (tertiary/aromatic N) is 2. The molecule has 2 aromatic carbocycles. The molecule has 2 aromatic heterocycles. The summed E-state index contributed by atoms with van der Waals surface area (Å²) in [6.07, 6.45) is 2.78. The maximum atomic E-state index is 15.2. The van der Waals surface area contributed by atoms with Crippen LogP contribution in [0, 0.1) is 29.9 Å². The van der Waals surface area contributed by atoms with Gasteiger partial charge >= 0.3 is 6.03 Å². The van der Waals surface area contributed by atoms with Crippen LogP contribution in [0.1, 0.15) is 44.7 Å². The van der Waals surface area contributed by atoms with Crippen molar-refractivity contribution in [2.75, 3.05) is 25.1 Å². The molecule has 9 nitrogen and oxygen atoms in total. The third kappa shape index (κ3) is 5.81. The smallest absolute Gasteiger partial charge is 0.319 e. The largest absolute Gasteiger partial charge is 0.450 e. The molecule has 228 valence electrons. The van der Waals surface area contributed by atoms with E-state index in [1.54, 1.807) is 12.1 Å². The van der Waals surface area contributed by atoms with E-state index in [0.29, 0.717) is 30.7 Å². The standard InChI is InChI=1S/C31H34F2N4O5S/c1-18(2)23-14-37(43(39,40)22-8-6-20(5)7-9-22)29-27(23)26(10-11-34-29)42-28-24(32)12-21(13-25(28)33)36-30(38)35-15-31(19(3)4)16-41-17-31/h6-14,18-19H,15-17H2,1-5H3,(H2,35,36,38). The Kier molecular flexibility index (Phi) is 8.19. The Balaban J connectivity index is 1.43. The van der Waals surface area contributed by atoms with Gasteiger partial charge in [0, 0.05) is 42.2 Å². The molecule has 0 spiro atoms. The third-order valence-electron chi connectivity index (χ3n) is 7.92. The van der Waals surface area contributed by atoms with Crippen molar-refractivity contribution in [3.8, 4) is 11.5 Å². The summed E-state index contributed by atoms with van der Waals surface area (Å²) in [5, 5.41) is 5.52. The second-order valence-corrected chi connectivity index (χ2v) is 13.4. The molecule has 0 atom stereocenters. The fourth-order valence-corrected chi connectivity index (χ4v) is 6.25. The first-order valence-electron chi connectivity index (χ1n) is 13.9. The lowest BCUT2D eigenvalue weighted by atomic mass is 9.75. The molecule has 0 aliphatic carbocycles. The van der Waals surface area contributed by atoms with Gasteiger partial charge in [-0.25, -0.2) is 30.9 Å². The highest BCUT2D eigenvalue weighted by molar-refractivity contribution is 7.90. The van der Waals surface area contributed by atoms with Crippen LogP contribution in [0.4, 0.5) is 19.3 Å². The minimum Gasteiger partial charge on any atom is -0.450 e. The maximum absolute atomic E-state index is 15.2. The number of halogens is 2. The molecule has 4 aromatic rings. The van der Waals surface area contributed by atoms with Crippen LogP contribution in [0.3, 0.4) is 0 Å². The van der Waals surface area contributed by atoms with Crippen LogP contribution in [0.2, 0.25) is 0 Å². The van der Waals surface area contributed by atoms with E-state index in [4.69, 9.17) is 9.47 Å². The number of benzene rings is 2. The number of carbonyl (C=O) groups is 1. The Labute approximate surface area is 249 Å². The number of amides is 2. The van der Waals surface area contributed by atoms with Gasteiger partial charge in [0.15, 0.2) is 23.0 Å². The highest BCUT2D eigenvalue weighted by Crippen LogP contribution is 2.39. The van der Waals surface area contributed by atoms with E-state index in [9.17, 15) is 13.2 Å². The van der Waals surface area contributed by atoms with Gasteiger partial charge in [-0.3, -0.25) is 0 Å². The lowest BCUT2D eigenvalue weighted by molar-refractivity contribution is -0.134. The van der Waals surface area contributed by atoms with E-state index in [-0.39, 0.29) is 39.2 Å². The van der Waals surface area contributed by atoms with E-state index in [1.807, 2.05) is 34.6 Å². The minimum atomic E-state index is -4.04. The van der Waals surface area contributed by atoms with Crippen molar-refractivity contribution in [1.82, 2.24) is 14.3 Å². The van der Waals surface area contributed by atoms with Gasteiger partial charge in [-0.1, -0.05) is 45.4 Å². The molecule has 1 saturated heterocycles. The Morgan fingerprint density at radius 3 is 2.30 bits per heavy atom. The van der Waals surface area contributed by atoms with E-state index in [2.05, 4.69) is 15.6 Å². The normalized spacial score (nSPS) is 14.6. The molecule has 1 aliphatic heterocycles. The number of fused-ring (bicyclic) bond motifs is 1. The zero-order valence-electron chi connectivity index (χ0n) is 24.6. The van der Waals surface area contributed by atoms with Crippen molar-refractivity contribution in [2.24, 2.45) is 11.3 Å². The molecule has 0 radical (unpaired) electrons. The lowest BCUT2D eigenvalue weighted by Crippen LogP contribution is -2.54. The summed E-state index contributed by atoms with van der Waals surface area (Å²) in [4.78, 5) is 16.8. The van der Waals surface area contributed by atoms with Gasteiger partial charge in [0.2, 0.25) is 0 Å². The molecule has 3 heterocycles. The Hall–Kier alpha value is -4.03. The Morgan fingerprint density at radius 2 is 1.74 bits per heavy atom. The first kappa shape index (κ1) is 30.4. The van der Waals surface area contributed by atoms with Crippen molar-refractivity contribution in [1.29, 1.82) is 0 Å². The van der Waals surface area contributed by atoms with Crippen LogP contribution in [0.25, 0.3) is 11.0 Å². The number of ether oxygens (including phenoxy) is 2. The lowest BCUT2D eigenvalue weighted by Gasteiger charge is -2.44. The van der Waals surface area contributed by atoms with Crippen molar-refractivity contribution in [2.45, 2.75) is 45.4 Å². The summed E-state index contributed by atoms with van der Waals surface area (Å²) < 4.78 is 69.7. The molecule has 1 fully saturated rings. The quantitative estimate of drug-likeness (QED) is 0.221. The summed E-state index contributed by atoms with van der Waals surface area (Å²) in [5.41, 5.74) is 1.27. The van der Waals surface area contributed by atoms with Gasteiger partial charge in [0.25, 0.3) is 10.0 Å². The van der Waals surface area contributed by atoms with E-state index < -0.39 is 33.4 Å². The zero-order chi connectivity index (χ0) is 31.1. The number of aromatic nitrogens is 2. The highest BCUT2D eigenvalue weighted by atomic mass is 32.2. The van der Waals surface area contributed by atoms with Crippen LogP contribution in [0.15, 0.2) is 59.8 Å². The molecular weight excluding hydrogens is 578 g/mol. The highest BCUT2D eigenvalue weighted by Gasteiger charge is 2.41. The topological polar surface area (TPSA) is 112 Å². The number of carbonyl (C=O) groups excluding carboxylic acids is 1. The second kappa shape index (κ2) is 11.6. The predicted octanol–water partition coefficient (Wildman–Crippen LogP) is 6.57. The number of rotatable bonds is 9. The summed E-state index contributed by atoms with van der Waals surface area (Å²) in [6, 6.07) is 9.14. The SMILES string of the molecule is Cc1ccc(S(=O)(=O)n2cc(C(C)C)c3c(Oc4c(F)cc(NC(=O)NCC5(C(C)C)COC5)cc4F)ccnc32)cc1. The van der Waals surface area contributed by atoms with Gasteiger partial charge in [-0.2, -0.15) is 0 Å². The monoisotopic (exact) mass is 612 g/mol. The fraction of sp³-hybridized carbons (Fsp3) is 0.355. The second-order valence-electron chi connectivity index (χ2n) is 11.5. The number of urea groups is 1. The first-order chi connectivity index (χ1) is 20.3. The number of nitrogens with one attached hydrogen (secondary N) is 2. The van der Waals surface area contributed by atoms with Gasteiger partial charge in [0.1, 0.15) is 5.75 Å². The van der Waals surface area contributed by atoms with Gasteiger partial charge in [0.05, 0.1) is 23.5 Å². The molecule has 0 saturated carbocycles. The molecule has 12 heteroatoms. The van der Waals surface area contributed by atoms with Crippen LogP contribution in [-0.2, 0) is 14.8 Å². The van der Waals surface area contributed by atoms with Gasteiger partial charge in [-0.15, -0.1) is 0 Å². The fourth-order valence-electron chi connectivity index (χ4n) is 4.93. The number of hydrogen-bond acceptors (Lipinski definition) is 6. The van der Waals surface area contributed by atoms with Crippen molar-refractivity contribution >= 4 is 32.8 Å². The zero-order valence-corrected chi connectivity index (χ0v) is 25.4. The predicted molar refractivity (Wildman–Crippen MR) is 159 cm³/mol. The summed E-state index contributed by atoms with van der Waals surface area (Å²) in [6.45, 7) is 11.1. The number of anilines is 1. The molecule has 0 bridgehead atoms. The molecule has 2 N–H and O–H groups in total. The molecule has 5 rings (SSSR count). The average molecular weight is 613 g/mol. The van der Waals surface area contributed by atoms with E-state index in [1.165, 1.54) is 30.6 Å². The first-order valence-corrected chi connectivity index (χ1v) is 15.4. The number of pyridine rings is 1. The molecule has 1 aliphatic rings. The third-order valence-corrected chi connectivity index (χ3v) is 9.58. The molecule has 43 heavy (non-hydrogen) atoms. The Morgan fingerprint density at radius 1 is 1.09 bits per heavy atom. The molecular formula is C31H34F2N4O5S. The van der Waals surface area contributed by atoms with E-state index >= 15 is 8.78 Å². The summed E-state index contributed by atoms with van der Waals surface area (Å²) in [5.74, 6) is -2.67. The summed E-state index contributed by atoms with van der Waals surface area (Å²) in [7, 11) is -4.04. The van der Waals surface area contributed by atoms with Crippen LogP contribution in [-0.4, -0.2) is 43.2 Å². The minimum absolute atomic E-state index is 0.0320. The number of aryl methyl sites for hydroxylation is 1. The maximum Gasteiger partial charge on any atom is 0.319 e.